The maximum absolute atomic E-state index is 13.8. The first-order chi connectivity index (χ1) is 10.9. The van der Waals surface area contributed by atoms with Gasteiger partial charge >= 0.3 is 0 Å². The third-order valence-corrected chi connectivity index (χ3v) is 4.17. The number of nitrogens with one attached hydrogen (secondary N) is 1. The fourth-order valence-electron chi connectivity index (χ4n) is 2.13. The lowest BCUT2D eigenvalue weighted by molar-refractivity contribution is -0.122. The van der Waals surface area contributed by atoms with Gasteiger partial charge in [0.15, 0.2) is 6.10 Å². The first kappa shape index (κ1) is 17.5. The summed E-state index contributed by atoms with van der Waals surface area (Å²) in [7, 11) is 0. The van der Waals surface area contributed by atoms with Crippen molar-refractivity contribution in [2.75, 3.05) is 5.32 Å². The van der Waals surface area contributed by atoms with E-state index >= 15 is 0 Å². The fourth-order valence-corrected chi connectivity index (χ4v) is 2.46. The minimum absolute atomic E-state index is 0.140. The van der Waals surface area contributed by atoms with Gasteiger partial charge in [0, 0.05) is 4.47 Å². The van der Waals surface area contributed by atoms with Gasteiger partial charge in [0.25, 0.3) is 5.91 Å². The standard InChI is InChI=1S/C18H19BrFNO2/c1-4-16(23-17-7-5-6-11(2)12(17)3)18(22)21-15-9-8-13(19)10-14(15)20/h5-10,16H,4H2,1-3H3,(H,21,22)/t16-/m1/s1. The zero-order valence-corrected chi connectivity index (χ0v) is 14.9. The Labute approximate surface area is 144 Å². The van der Waals surface area contributed by atoms with Gasteiger partial charge < -0.3 is 10.1 Å². The lowest BCUT2D eigenvalue weighted by Crippen LogP contribution is -2.32. The van der Waals surface area contributed by atoms with Crippen LogP contribution in [-0.4, -0.2) is 12.0 Å². The van der Waals surface area contributed by atoms with Gasteiger partial charge in [-0.15, -0.1) is 0 Å². The van der Waals surface area contributed by atoms with Crippen molar-refractivity contribution in [3.05, 3.63) is 57.8 Å². The predicted octanol–water partition coefficient (Wildman–Crippen LogP) is 5.00. The number of benzene rings is 2. The molecule has 0 spiro atoms. The molecule has 2 aromatic carbocycles. The second-order valence-electron chi connectivity index (χ2n) is 5.33. The molecule has 2 aromatic rings. The van der Waals surface area contributed by atoms with E-state index in [-0.39, 0.29) is 11.6 Å². The fraction of sp³-hybridized carbons (Fsp3) is 0.278. The molecule has 23 heavy (non-hydrogen) atoms. The van der Waals surface area contributed by atoms with Crippen LogP contribution in [-0.2, 0) is 4.79 Å². The Morgan fingerprint density at radius 1 is 1.30 bits per heavy atom. The summed E-state index contributed by atoms with van der Waals surface area (Å²) in [6.45, 7) is 5.79. The molecule has 2 rings (SSSR count). The van der Waals surface area contributed by atoms with Crippen LogP contribution in [0.25, 0.3) is 0 Å². The summed E-state index contributed by atoms with van der Waals surface area (Å²) in [5, 5.41) is 2.58. The van der Waals surface area contributed by atoms with Gasteiger partial charge in [0.1, 0.15) is 11.6 Å². The van der Waals surface area contributed by atoms with Crippen LogP contribution < -0.4 is 10.1 Å². The van der Waals surface area contributed by atoms with Crippen LogP contribution in [0, 0.1) is 19.7 Å². The highest BCUT2D eigenvalue weighted by molar-refractivity contribution is 9.10. The largest absolute Gasteiger partial charge is 0.480 e. The summed E-state index contributed by atoms with van der Waals surface area (Å²) in [4.78, 5) is 12.4. The molecular weight excluding hydrogens is 361 g/mol. The van der Waals surface area contributed by atoms with Gasteiger partial charge in [-0.3, -0.25) is 4.79 Å². The zero-order chi connectivity index (χ0) is 17.0. The number of ether oxygens (including phenoxy) is 1. The Hall–Kier alpha value is -1.88. The van der Waals surface area contributed by atoms with Crippen LogP contribution in [0.2, 0.25) is 0 Å². The van der Waals surface area contributed by atoms with Crippen molar-refractivity contribution in [2.45, 2.75) is 33.3 Å². The maximum Gasteiger partial charge on any atom is 0.265 e. The topological polar surface area (TPSA) is 38.3 Å². The molecule has 122 valence electrons. The Morgan fingerprint density at radius 3 is 2.70 bits per heavy atom. The number of carbonyl (C=O) groups is 1. The SMILES string of the molecule is CC[C@@H](Oc1cccc(C)c1C)C(=O)Nc1ccc(Br)cc1F. The Morgan fingerprint density at radius 2 is 2.04 bits per heavy atom. The Bertz CT molecular complexity index is 718. The van der Waals surface area contributed by atoms with Gasteiger partial charge in [-0.1, -0.05) is 35.0 Å². The molecule has 1 atom stereocenters. The number of halogens is 2. The van der Waals surface area contributed by atoms with Gasteiger partial charge in [-0.2, -0.15) is 0 Å². The van der Waals surface area contributed by atoms with Crippen LogP contribution >= 0.6 is 15.9 Å². The highest BCUT2D eigenvalue weighted by Gasteiger charge is 2.20. The van der Waals surface area contributed by atoms with Gasteiger partial charge in [-0.25, -0.2) is 4.39 Å². The van der Waals surface area contributed by atoms with Crippen molar-refractivity contribution in [1.82, 2.24) is 0 Å². The first-order valence-corrected chi connectivity index (χ1v) is 8.20. The van der Waals surface area contributed by atoms with Gasteiger partial charge in [0.2, 0.25) is 0 Å². The molecule has 0 saturated heterocycles. The number of aryl methyl sites for hydroxylation is 1. The van der Waals surface area contributed by atoms with E-state index in [9.17, 15) is 9.18 Å². The minimum atomic E-state index is -0.682. The smallest absolute Gasteiger partial charge is 0.265 e. The molecule has 0 saturated carbocycles. The van der Waals surface area contributed by atoms with Gasteiger partial charge in [0.05, 0.1) is 5.69 Å². The highest BCUT2D eigenvalue weighted by atomic mass is 79.9. The molecule has 5 heteroatoms. The summed E-state index contributed by atoms with van der Waals surface area (Å²) in [5.41, 5.74) is 2.23. The lowest BCUT2D eigenvalue weighted by Gasteiger charge is -2.19. The second kappa shape index (κ2) is 7.59. The predicted molar refractivity (Wildman–Crippen MR) is 93.4 cm³/mol. The van der Waals surface area contributed by atoms with Crippen molar-refractivity contribution in [3.8, 4) is 5.75 Å². The number of carbonyl (C=O) groups excluding carboxylic acids is 1. The van der Waals surface area contributed by atoms with E-state index in [1.54, 1.807) is 6.07 Å². The van der Waals surface area contributed by atoms with Crippen LogP contribution in [0.5, 0.6) is 5.75 Å². The van der Waals surface area contributed by atoms with Crippen LogP contribution in [0.4, 0.5) is 10.1 Å². The number of hydrogen-bond acceptors (Lipinski definition) is 2. The van der Waals surface area contributed by atoms with Crippen LogP contribution in [0.15, 0.2) is 40.9 Å². The van der Waals surface area contributed by atoms with E-state index in [1.165, 1.54) is 12.1 Å². The summed E-state index contributed by atoms with van der Waals surface area (Å²) in [6.07, 6.45) is -0.198. The molecule has 0 bridgehead atoms. The zero-order valence-electron chi connectivity index (χ0n) is 13.3. The number of hydrogen-bond donors (Lipinski definition) is 1. The van der Waals surface area contributed by atoms with Crippen LogP contribution in [0.3, 0.4) is 0 Å². The third kappa shape index (κ3) is 4.32. The summed E-state index contributed by atoms with van der Waals surface area (Å²) >= 11 is 3.19. The molecule has 0 aliphatic rings. The Balaban J connectivity index is 2.14. The molecule has 0 fully saturated rings. The quantitative estimate of drug-likeness (QED) is 0.793. The van der Waals surface area contributed by atoms with Crippen molar-refractivity contribution < 1.29 is 13.9 Å². The summed E-state index contributed by atoms with van der Waals surface area (Å²) < 4.78 is 20.3. The lowest BCUT2D eigenvalue weighted by atomic mass is 10.1. The van der Waals surface area contributed by atoms with Crippen molar-refractivity contribution >= 4 is 27.5 Å². The summed E-state index contributed by atoms with van der Waals surface area (Å²) in [6, 6.07) is 10.2. The highest BCUT2D eigenvalue weighted by Crippen LogP contribution is 2.24. The molecule has 0 aliphatic carbocycles. The number of amides is 1. The van der Waals surface area contributed by atoms with Crippen molar-refractivity contribution in [3.63, 3.8) is 0 Å². The molecule has 0 unspecified atom stereocenters. The van der Waals surface area contributed by atoms with E-state index in [1.807, 2.05) is 39.0 Å². The molecular formula is C18H19BrFNO2. The third-order valence-electron chi connectivity index (χ3n) is 3.68. The molecule has 0 aliphatic heterocycles. The van der Waals surface area contributed by atoms with E-state index < -0.39 is 11.9 Å². The average molecular weight is 380 g/mol. The van der Waals surface area contributed by atoms with E-state index in [0.29, 0.717) is 16.6 Å². The van der Waals surface area contributed by atoms with Crippen LogP contribution in [0.1, 0.15) is 24.5 Å². The first-order valence-electron chi connectivity index (χ1n) is 7.41. The normalized spacial score (nSPS) is 11.9. The molecule has 0 heterocycles. The summed E-state index contributed by atoms with van der Waals surface area (Å²) in [5.74, 6) is -0.188. The molecule has 1 N–H and O–H groups in total. The van der Waals surface area contributed by atoms with E-state index in [4.69, 9.17) is 4.74 Å². The molecule has 3 nitrogen and oxygen atoms in total. The molecule has 0 aromatic heterocycles. The van der Waals surface area contributed by atoms with E-state index in [0.717, 1.165) is 11.1 Å². The monoisotopic (exact) mass is 379 g/mol. The van der Waals surface area contributed by atoms with Crippen molar-refractivity contribution in [2.24, 2.45) is 0 Å². The van der Waals surface area contributed by atoms with E-state index in [2.05, 4.69) is 21.2 Å². The maximum atomic E-state index is 13.8. The molecule has 1 amide bonds. The number of rotatable bonds is 5. The second-order valence-corrected chi connectivity index (χ2v) is 6.24. The average Bonchev–Trinajstić information content (AvgIpc) is 2.51. The molecule has 0 radical (unpaired) electrons. The van der Waals surface area contributed by atoms with Crippen molar-refractivity contribution in [1.29, 1.82) is 0 Å². The Kier molecular flexibility index (Phi) is 5.77. The van der Waals surface area contributed by atoms with Gasteiger partial charge in [-0.05, 0) is 55.7 Å². The number of anilines is 1. The minimum Gasteiger partial charge on any atom is -0.480 e.